The van der Waals surface area contributed by atoms with Gasteiger partial charge in [0.2, 0.25) is 0 Å². The van der Waals surface area contributed by atoms with E-state index in [1.54, 1.807) is 0 Å². The third kappa shape index (κ3) is 3.72. The van der Waals surface area contributed by atoms with Crippen molar-refractivity contribution in [3.8, 4) is 5.75 Å². The van der Waals surface area contributed by atoms with Gasteiger partial charge in [0.15, 0.2) is 6.10 Å². The molecule has 1 amide bonds. The quantitative estimate of drug-likeness (QED) is 0.641. The fraction of sp³-hybridized carbons (Fsp3) is 0.200. The maximum absolute atomic E-state index is 11.5. The molecule has 0 spiro atoms. The molecule has 0 saturated carbocycles. The van der Waals surface area contributed by atoms with Crippen molar-refractivity contribution in [1.82, 2.24) is 5.32 Å². The monoisotopic (exact) mass is 303 g/mol. The van der Waals surface area contributed by atoms with E-state index in [2.05, 4.69) is 21.2 Å². The number of hydrogen-bond donors (Lipinski definition) is 4. The molecule has 0 bridgehead atoms. The summed E-state index contributed by atoms with van der Waals surface area (Å²) < 4.78 is 0.444. The summed E-state index contributed by atoms with van der Waals surface area (Å²) in [7, 11) is 0. The SMILES string of the molecule is O=C(NC[C@H](O)C(=O)O)c1ccc(Br)c(O)c1. The Labute approximate surface area is 105 Å². The number of carbonyl (C=O) groups is 2. The van der Waals surface area contributed by atoms with Crippen LogP contribution in [0.3, 0.4) is 0 Å². The molecule has 92 valence electrons. The molecule has 1 atom stereocenters. The average Bonchev–Trinajstić information content (AvgIpc) is 2.28. The molecule has 4 N–H and O–H groups in total. The number of aliphatic hydroxyl groups is 1. The van der Waals surface area contributed by atoms with Crippen LogP contribution in [0.2, 0.25) is 0 Å². The molecule has 0 aliphatic heterocycles. The lowest BCUT2D eigenvalue weighted by atomic mass is 10.2. The third-order valence-electron chi connectivity index (χ3n) is 1.95. The minimum Gasteiger partial charge on any atom is -0.507 e. The number of aromatic hydroxyl groups is 1. The summed E-state index contributed by atoms with van der Waals surface area (Å²) >= 11 is 3.06. The predicted molar refractivity (Wildman–Crippen MR) is 61.8 cm³/mol. The topological polar surface area (TPSA) is 107 Å². The standard InChI is InChI=1S/C10H10BrNO5/c11-6-2-1-5(3-7(6)13)9(15)12-4-8(14)10(16)17/h1-3,8,13-14H,4H2,(H,12,15)(H,16,17)/t8-/m0/s1. The molecule has 0 radical (unpaired) electrons. The molecule has 0 fully saturated rings. The lowest BCUT2D eigenvalue weighted by molar-refractivity contribution is -0.146. The minimum absolute atomic E-state index is 0.101. The summed E-state index contributed by atoms with van der Waals surface area (Å²) in [6.07, 6.45) is -1.65. The Hall–Kier alpha value is -1.60. The third-order valence-corrected chi connectivity index (χ3v) is 2.62. The summed E-state index contributed by atoms with van der Waals surface area (Å²) in [6, 6.07) is 4.16. The van der Waals surface area contributed by atoms with Crippen molar-refractivity contribution in [1.29, 1.82) is 0 Å². The fourth-order valence-corrected chi connectivity index (χ4v) is 1.28. The summed E-state index contributed by atoms with van der Waals surface area (Å²) in [5.41, 5.74) is 0.170. The van der Waals surface area contributed by atoms with E-state index >= 15 is 0 Å². The van der Waals surface area contributed by atoms with E-state index in [1.165, 1.54) is 18.2 Å². The van der Waals surface area contributed by atoms with Crippen LogP contribution in [0.15, 0.2) is 22.7 Å². The Balaban J connectivity index is 2.64. The normalized spacial score (nSPS) is 11.9. The second-order valence-corrected chi connectivity index (χ2v) is 4.08. The van der Waals surface area contributed by atoms with E-state index in [0.29, 0.717) is 4.47 Å². The van der Waals surface area contributed by atoms with Gasteiger partial charge in [0.05, 0.1) is 11.0 Å². The number of amides is 1. The van der Waals surface area contributed by atoms with Crippen LogP contribution >= 0.6 is 15.9 Å². The summed E-state index contributed by atoms with van der Waals surface area (Å²) in [4.78, 5) is 21.8. The van der Waals surface area contributed by atoms with Gasteiger partial charge in [-0.1, -0.05) is 0 Å². The number of aliphatic hydroxyl groups excluding tert-OH is 1. The second kappa shape index (κ2) is 5.65. The highest BCUT2D eigenvalue weighted by Gasteiger charge is 2.15. The van der Waals surface area contributed by atoms with Gasteiger partial charge in [0.1, 0.15) is 5.75 Å². The Bertz CT molecular complexity index is 448. The Kier molecular flexibility index (Phi) is 4.47. The molecular weight excluding hydrogens is 294 g/mol. The van der Waals surface area contributed by atoms with Crippen LogP contribution in [-0.2, 0) is 4.79 Å². The number of aliphatic carboxylic acids is 1. The molecule has 7 heteroatoms. The number of carboxylic acids is 1. The van der Waals surface area contributed by atoms with Crippen LogP contribution in [0.4, 0.5) is 0 Å². The molecule has 0 aliphatic carbocycles. The molecule has 6 nitrogen and oxygen atoms in total. The molecule has 0 aromatic heterocycles. The highest BCUT2D eigenvalue weighted by atomic mass is 79.9. The Morgan fingerprint density at radius 2 is 2.06 bits per heavy atom. The Morgan fingerprint density at radius 3 is 2.59 bits per heavy atom. The molecule has 1 aromatic rings. The first kappa shape index (κ1) is 13.5. The number of nitrogens with one attached hydrogen (secondary N) is 1. The van der Waals surface area contributed by atoms with Crippen LogP contribution in [0.1, 0.15) is 10.4 Å². The van der Waals surface area contributed by atoms with Gasteiger partial charge in [0.25, 0.3) is 5.91 Å². The predicted octanol–water partition coefficient (Wildman–Crippen LogP) is 0.330. The zero-order valence-electron chi connectivity index (χ0n) is 8.55. The molecule has 0 saturated heterocycles. The van der Waals surface area contributed by atoms with E-state index in [9.17, 15) is 14.7 Å². The van der Waals surface area contributed by atoms with Crippen molar-refractivity contribution in [2.24, 2.45) is 0 Å². The molecule has 0 unspecified atom stereocenters. The Morgan fingerprint density at radius 1 is 1.41 bits per heavy atom. The van der Waals surface area contributed by atoms with E-state index < -0.39 is 24.5 Å². The van der Waals surface area contributed by atoms with Crippen molar-refractivity contribution < 1.29 is 24.9 Å². The summed E-state index contributed by atoms with van der Waals surface area (Å²) in [5.74, 6) is -2.09. The van der Waals surface area contributed by atoms with Gasteiger partial charge in [-0.05, 0) is 34.1 Å². The number of rotatable bonds is 4. The number of phenolic OH excluding ortho intramolecular Hbond substituents is 1. The number of benzene rings is 1. The molecule has 0 aliphatic rings. The number of carboxylic acid groups (broad SMARTS) is 1. The van der Waals surface area contributed by atoms with Gasteiger partial charge in [-0.15, -0.1) is 0 Å². The first-order valence-corrected chi connectivity index (χ1v) is 5.38. The number of halogens is 1. The van der Waals surface area contributed by atoms with Crippen molar-refractivity contribution in [3.05, 3.63) is 28.2 Å². The van der Waals surface area contributed by atoms with E-state index in [4.69, 9.17) is 10.2 Å². The molecular formula is C10H10BrNO5. The van der Waals surface area contributed by atoms with Crippen LogP contribution in [0.5, 0.6) is 5.75 Å². The van der Waals surface area contributed by atoms with Crippen molar-refractivity contribution >= 4 is 27.8 Å². The molecule has 1 aromatic carbocycles. The lowest BCUT2D eigenvalue weighted by Gasteiger charge is -2.08. The maximum Gasteiger partial charge on any atom is 0.334 e. The average molecular weight is 304 g/mol. The van der Waals surface area contributed by atoms with Crippen molar-refractivity contribution in [3.63, 3.8) is 0 Å². The molecule has 17 heavy (non-hydrogen) atoms. The molecule has 0 heterocycles. The van der Waals surface area contributed by atoms with E-state index in [1.807, 2.05) is 0 Å². The first-order valence-electron chi connectivity index (χ1n) is 4.59. The van der Waals surface area contributed by atoms with Crippen LogP contribution in [-0.4, -0.2) is 39.8 Å². The summed E-state index contributed by atoms with van der Waals surface area (Å²) in [6.45, 7) is -0.398. The van der Waals surface area contributed by atoms with Crippen LogP contribution < -0.4 is 5.32 Å². The highest BCUT2D eigenvalue weighted by Crippen LogP contribution is 2.24. The lowest BCUT2D eigenvalue weighted by Crippen LogP contribution is -2.36. The van der Waals surface area contributed by atoms with Crippen LogP contribution in [0.25, 0.3) is 0 Å². The first-order chi connectivity index (χ1) is 7.91. The van der Waals surface area contributed by atoms with Crippen LogP contribution in [0, 0.1) is 0 Å². The van der Waals surface area contributed by atoms with E-state index in [0.717, 1.165) is 0 Å². The second-order valence-electron chi connectivity index (χ2n) is 3.23. The zero-order valence-corrected chi connectivity index (χ0v) is 10.1. The van der Waals surface area contributed by atoms with Gasteiger partial charge in [-0.2, -0.15) is 0 Å². The largest absolute Gasteiger partial charge is 0.507 e. The van der Waals surface area contributed by atoms with Gasteiger partial charge in [0, 0.05) is 5.56 Å². The minimum atomic E-state index is -1.65. The zero-order chi connectivity index (χ0) is 13.0. The smallest absolute Gasteiger partial charge is 0.334 e. The fourth-order valence-electron chi connectivity index (χ4n) is 1.03. The van der Waals surface area contributed by atoms with Gasteiger partial charge in [-0.3, -0.25) is 4.79 Å². The van der Waals surface area contributed by atoms with Gasteiger partial charge >= 0.3 is 5.97 Å². The van der Waals surface area contributed by atoms with Crippen molar-refractivity contribution in [2.45, 2.75) is 6.10 Å². The van der Waals surface area contributed by atoms with E-state index in [-0.39, 0.29) is 11.3 Å². The number of hydrogen-bond acceptors (Lipinski definition) is 4. The molecule has 1 rings (SSSR count). The van der Waals surface area contributed by atoms with Gasteiger partial charge < -0.3 is 20.6 Å². The number of carbonyl (C=O) groups excluding carboxylic acids is 1. The highest BCUT2D eigenvalue weighted by molar-refractivity contribution is 9.10. The van der Waals surface area contributed by atoms with Crippen molar-refractivity contribution in [2.75, 3.05) is 6.54 Å². The summed E-state index contributed by atoms with van der Waals surface area (Å²) in [5, 5.41) is 28.9. The van der Waals surface area contributed by atoms with Gasteiger partial charge in [-0.25, -0.2) is 4.79 Å². The maximum atomic E-state index is 11.5. The number of phenols is 1.